The van der Waals surface area contributed by atoms with Crippen molar-refractivity contribution in [3.63, 3.8) is 0 Å². The second-order valence-corrected chi connectivity index (χ2v) is 5.72. The zero-order chi connectivity index (χ0) is 11.8. The van der Waals surface area contributed by atoms with E-state index in [1.165, 1.54) is 6.42 Å². The van der Waals surface area contributed by atoms with Crippen molar-refractivity contribution in [3.05, 3.63) is 0 Å². The summed E-state index contributed by atoms with van der Waals surface area (Å²) in [7, 11) is 4.26. The van der Waals surface area contributed by atoms with Gasteiger partial charge < -0.3 is 15.7 Å². The number of rotatable bonds is 5. The second kappa shape index (κ2) is 4.61. The van der Waals surface area contributed by atoms with Crippen molar-refractivity contribution in [3.8, 4) is 0 Å². The molecule has 3 N–H and O–H groups in total. The van der Waals surface area contributed by atoms with Gasteiger partial charge in [0.25, 0.3) is 0 Å². The van der Waals surface area contributed by atoms with Crippen LogP contribution < -0.4 is 5.73 Å². The zero-order valence-corrected chi connectivity index (χ0v) is 10.5. The highest BCUT2D eigenvalue weighted by Crippen LogP contribution is 2.40. The van der Waals surface area contributed by atoms with Crippen LogP contribution in [-0.4, -0.2) is 66.8 Å². The van der Waals surface area contributed by atoms with Crippen molar-refractivity contribution >= 4 is 0 Å². The summed E-state index contributed by atoms with van der Waals surface area (Å²) in [5.74, 6) is 0.455. The number of aliphatic hydroxyl groups is 1. The summed E-state index contributed by atoms with van der Waals surface area (Å²) in [5, 5.41) is 10.5. The maximum atomic E-state index is 10.5. The van der Waals surface area contributed by atoms with Gasteiger partial charge in [-0.15, -0.1) is 0 Å². The largest absolute Gasteiger partial charge is 0.387 e. The molecule has 1 aliphatic heterocycles. The van der Waals surface area contributed by atoms with Gasteiger partial charge in [-0.3, -0.25) is 4.90 Å². The van der Waals surface area contributed by atoms with Gasteiger partial charge in [0.1, 0.15) is 0 Å². The molecule has 2 unspecified atom stereocenters. The van der Waals surface area contributed by atoms with E-state index in [4.69, 9.17) is 5.73 Å². The van der Waals surface area contributed by atoms with E-state index < -0.39 is 5.60 Å². The lowest BCUT2D eigenvalue weighted by atomic mass is 9.97. The van der Waals surface area contributed by atoms with Crippen molar-refractivity contribution in [2.45, 2.75) is 30.9 Å². The average molecular weight is 227 g/mol. The SMILES string of the molecule is CN(C)C1CCN(CC(O)(CN)C2CC2)C1. The molecule has 4 heteroatoms. The van der Waals surface area contributed by atoms with Gasteiger partial charge in [-0.25, -0.2) is 0 Å². The van der Waals surface area contributed by atoms with Crippen LogP contribution >= 0.6 is 0 Å². The van der Waals surface area contributed by atoms with E-state index in [0.717, 1.165) is 32.5 Å². The Hall–Kier alpha value is -0.160. The van der Waals surface area contributed by atoms with Crippen LogP contribution in [-0.2, 0) is 0 Å². The van der Waals surface area contributed by atoms with E-state index in [2.05, 4.69) is 23.9 Å². The van der Waals surface area contributed by atoms with Crippen LogP contribution in [0.25, 0.3) is 0 Å². The highest BCUT2D eigenvalue weighted by molar-refractivity contribution is 4.98. The third-order valence-corrected chi connectivity index (χ3v) is 4.17. The van der Waals surface area contributed by atoms with E-state index in [1.54, 1.807) is 0 Å². The molecule has 0 aromatic carbocycles. The fraction of sp³-hybridized carbons (Fsp3) is 1.00. The van der Waals surface area contributed by atoms with E-state index in [1.807, 2.05) is 0 Å². The molecule has 94 valence electrons. The molecule has 2 fully saturated rings. The predicted molar refractivity (Wildman–Crippen MR) is 65.3 cm³/mol. The lowest BCUT2D eigenvalue weighted by molar-refractivity contribution is -0.00381. The van der Waals surface area contributed by atoms with Crippen molar-refractivity contribution in [1.29, 1.82) is 0 Å². The van der Waals surface area contributed by atoms with Crippen LogP contribution in [0.3, 0.4) is 0 Å². The van der Waals surface area contributed by atoms with Gasteiger partial charge in [-0.1, -0.05) is 0 Å². The minimum Gasteiger partial charge on any atom is -0.387 e. The monoisotopic (exact) mass is 227 g/mol. The molecule has 0 aromatic rings. The molecule has 1 saturated carbocycles. The predicted octanol–water partition coefficient (Wildman–Crippen LogP) is -0.278. The minimum absolute atomic E-state index is 0.404. The number of nitrogens with two attached hydrogens (primary N) is 1. The van der Waals surface area contributed by atoms with Crippen molar-refractivity contribution < 1.29 is 5.11 Å². The first-order valence-corrected chi connectivity index (χ1v) is 6.36. The van der Waals surface area contributed by atoms with Gasteiger partial charge in [0.2, 0.25) is 0 Å². The molecule has 0 amide bonds. The summed E-state index contributed by atoms with van der Waals surface area (Å²) in [6.07, 6.45) is 3.51. The fourth-order valence-corrected chi connectivity index (χ4v) is 2.75. The molecule has 4 nitrogen and oxygen atoms in total. The van der Waals surface area contributed by atoms with Gasteiger partial charge in [0, 0.05) is 25.7 Å². The van der Waals surface area contributed by atoms with Crippen LogP contribution in [0, 0.1) is 5.92 Å². The van der Waals surface area contributed by atoms with Crippen molar-refractivity contribution in [2.24, 2.45) is 11.7 Å². The molecular formula is C12H25N3O. The topological polar surface area (TPSA) is 52.7 Å². The Morgan fingerprint density at radius 1 is 1.38 bits per heavy atom. The Kier molecular flexibility index (Phi) is 3.54. The number of β-amino-alcohol motifs (C(OH)–C–C–N with tert-alkyl or cyclic N) is 1. The Balaban J connectivity index is 1.85. The molecule has 0 bridgehead atoms. The number of likely N-dealkylation sites (tertiary alicyclic amines) is 1. The quantitative estimate of drug-likeness (QED) is 0.678. The smallest absolute Gasteiger partial charge is 0.0923 e. The van der Waals surface area contributed by atoms with Gasteiger partial charge in [0.05, 0.1) is 5.60 Å². The molecule has 2 atom stereocenters. The van der Waals surface area contributed by atoms with Gasteiger partial charge >= 0.3 is 0 Å². The third-order valence-electron chi connectivity index (χ3n) is 4.17. The standard InChI is InChI=1S/C12H25N3O/c1-14(2)11-5-6-15(7-11)9-12(16,8-13)10-3-4-10/h10-11,16H,3-9,13H2,1-2H3. The number of likely N-dealkylation sites (N-methyl/N-ethyl adjacent to an activating group) is 1. The first-order valence-electron chi connectivity index (χ1n) is 6.36. The lowest BCUT2D eigenvalue weighted by Gasteiger charge is -2.32. The van der Waals surface area contributed by atoms with E-state index >= 15 is 0 Å². The van der Waals surface area contributed by atoms with Crippen LogP contribution in [0.15, 0.2) is 0 Å². The molecule has 0 spiro atoms. The van der Waals surface area contributed by atoms with E-state index in [0.29, 0.717) is 18.5 Å². The molecule has 1 aliphatic carbocycles. The van der Waals surface area contributed by atoms with Crippen molar-refractivity contribution in [2.75, 3.05) is 40.3 Å². The number of hydrogen-bond acceptors (Lipinski definition) is 4. The molecule has 0 radical (unpaired) electrons. The van der Waals surface area contributed by atoms with Crippen LogP contribution in [0.5, 0.6) is 0 Å². The lowest BCUT2D eigenvalue weighted by Crippen LogP contribution is -2.50. The summed E-state index contributed by atoms with van der Waals surface area (Å²) >= 11 is 0. The summed E-state index contributed by atoms with van der Waals surface area (Å²) in [6, 6.07) is 0.640. The zero-order valence-electron chi connectivity index (χ0n) is 10.5. The minimum atomic E-state index is -0.624. The summed E-state index contributed by atoms with van der Waals surface area (Å²) in [5.41, 5.74) is 5.11. The highest BCUT2D eigenvalue weighted by Gasteiger charge is 2.44. The maximum Gasteiger partial charge on any atom is 0.0923 e. The Bertz CT molecular complexity index is 242. The van der Waals surface area contributed by atoms with Gasteiger partial charge in [-0.05, 0) is 45.8 Å². The summed E-state index contributed by atoms with van der Waals surface area (Å²) in [4.78, 5) is 4.65. The molecule has 2 aliphatic rings. The van der Waals surface area contributed by atoms with Gasteiger partial charge in [0.15, 0.2) is 0 Å². The number of nitrogens with zero attached hydrogens (tertiary/aromatic N) is 2. The molecular weight excluding hydrogens is 202 g/mol. The van der Waals surface area contributed by atoms with E-state index in [-0.39, 0.29) is 0 Å². The Morgan fingerprint density at radius 3 is 2.50 bits per heavy atom. The first kappa shape index (κ1) is 12.3. The van der Waals surface area contributed by atoms with Crippen LogP contribution in [0.2, 0.25) is 0 Å². The van der Waals surface area contributed by atoms with Crippen LogP contribution in [0.1, 0.15) is 19.3 Å². The third kappa shape index (κ3) is 2.56. The maximum absolute atomic E-state index is 10.5. The summed E-state index contributed by atoms with van der Waals surface area (Å²) in [6.45, 7) is 3.33. The second-order valence-electron chi connectivity index (χ2n) is 5.72. The first-order chi connectivity index (χ1) is 7.55. The fourth-order valence-electron chi connectivity index (χ4n) is 2.75. The van der Waals surface area contributed by atoms with Crippen molar-refractivity contribution in [1.82, 2.24) is 9.80 Å². The Labute approximate surface area is 98.4 Å². The number of hydrogen-bond donors (Lipinski definition) is 2. The molecule has 16 heavy (non-hydrogen) atoms. The average Bonchev–Trinajstić information content (AvgIpc) is 3.00. The highest BCUT2D eigenvalue weighted by atomic mass is 16.3. The molecule has 1 saturated heterocycles. The van der Waals surface area contributed by atoms with Crippen LogP contribution in [0.4, 0.5) is 0 Å². The van der Waals surface area contributed by atoms with E-state index in [9.17, 15) is 5.11 Å². The normalized spacial score (nSPS) is 30.9. The Morgan fingerprint density at radius 2 is 2.06 bits per heavy atom. The molecule has 0 aromatic heterocycles. The summed E-state index contributed by atoms with van der Waals surface area (Å²) < 4.78 is 0. The van der Waals surface area contributed by atoms with Gasteiger partial charge in [-0.2, -0.15) is 0 Å². The molecule has 2 rings (SSSR count). The molecule has 1 heterocycles.